The summed E-state index contributed by atoms with van der Waals surface area (Å²) in [5.74, 6) is 0.945. The Morgan fingerprint density at radius 1 is 0.897 bits per heavy atom. The van der Waals surface area contributed by atoms with Crippen molar-refractivity contribution in [3.63, 3.8) is 0 Å². The van der Waals surface area contributed by atoms with Crippen LogP contribution in [0.5, 0.6) is 0 Å². The highest BCUT2D eigenvalue weighted by Crippen LogP contribution is 2.28. The first-order chi connectivity index (χ1) is 14.2. The van der Waals surface area contributed by atoms with Crippen LogP contribution in [0.2, 0.25) is 10.0 Å². The molecule has 0 spiro atoms. The van der Waals surface area contributed by atoms with Gasteiger partial charge in [-0.3, -0.25) is 0 Å². The third-order valence-corrected chi connectivity index (χ3v) is 6.73. The van der Waals surface area contributed by atoms with Crippen molar-refractivity contribution >= 4 is 29.0 Å². The smallest absolute Gasteiger partial charge is 0.151 e. The molecule has 0 unspecified atom stereocenters. The van der Waals surface area contributed by atoms with Gasteiger partial charge in [-0.25, -0.2) is 0 Å². The van der Waals surface area contributed by atoms with Crippen molar-refractivity contribution in [3.05, 3.63) is 40.4 Å². The number of nitrogens with zero attached hydrogens (tertiary/aromatic N) is 4. The second-order valence-corrected chi connectivity index (χ2v) is 8.84. The normalized spacial score (nSPS) is 18.9. The second-order valence-electron chi connectivity index (χ2n) is 8.02. The van der Waals surface area contributed by atoms with Gasteiger partial charge in [0, 0.05) is 37.8 Å². The average molecular weight is 434 g/mol. The van der Waals surface area contributed by atoms with E-state index in [9.17, 15) is 0 Å². The Bertz CT molecular complexity index is 784. The molecule has 7 heteroatoms. The van der Waals surface area contributed by atoms with Crippen LogP contribution in [-0.4, -0.2) is 60.4 Å². The van der Waals surface area contributed by atoms with Gasteiger partial charge < -0.3 is 15.1 Å². The Morgan fingerprint density at radius 3 is 2.38 bits per heavy atom. The SMILES string of the molecule is Clc1ccc(-c2ccc(N3CCC(NCCN4CCCCC4)CC3)nn2)cc1Cl. The summed E-state index contributed by atoms with van der Waals surface area (Å²) in [6.07, 6.45) is 6.43. The van der Waals surface area contributed by atoms with Crippen LogP contribution in [0.4, 0.5) is 5.82 Å². The third-order valence-electron chi connectivity index (χ3n) is 5.99. The summed E-state index contributed by atoms with van der Waals surface area (Å²) in [7, 11) is 0. The monoisotopic (exact) mass is 433 g/mol. The van der Waals surface area contributed by atoms with Gasteiger partial charge in [0.15, 0.2) is 5.82 Å². The number of nitrogens with one attached hydrogen (secondary N) is 1. The molecule has 2 aromatic rings. The minimum Gasteiger partial charge on any atom is -0.355 e. The number of likely N-dealkylation sites (tertiary alicyclic amines) is 1. The summed E-state index contributed by atoms with van der Waals surface area (Å²) in [6.45, 7) is 6.86. The van der Waals surface area contributed by atoms with E-state index in [1.54, 1.807) is 6.07 Å². The molecule has 4 rings (SSSR count). The van der Waals surface area contributed by atoms with E-state index in [-0.39, 0.29) is 0 Å². The number of hydrogen-bond acceptors (Lipinski definition) is 5. The molecule has 1 aromatic heterocycles. The average Bonchev–Trinajstić information content (AvgIpc) is 2.77. The molecule has 0 radical (unpaired) electrons. The van der Waals surface area contributed by atoms with Gasteiger partial charge in [-0.2, -0.15) is 0 Å². The number of hydrogen-bond donors (Lipinski definition) is 1. The lowest BCUT2D eigenvalue weighted by Crippen LogP contribution is -2.45. The first kappa shape index (κ1) is 20.9. The van der Waals surface area contributed by atoms with Crippen molar-refractivity contribution < 1.29 is 0 Å². The minimum atomic E-state index is 0.532. The highest BCUT2D eigenvalue weighted by Gasteiger charge is 2.20. The fraction of sp³-hybridized carbons (Fsp3) is 0.545. The summed E-state index contributed by atoms with van der Waals surface area (Å²) in [5, 5.41) is 13.7. The maximum Gasteiger partial charge on any atom is 0.151 e. The van der Waals surface area contributed by atoms with Crippen LogP contribution in [0.25, 0.3) is 11.3 Å². The maximum absolute atomic E-state index is 6.11. The van der Waals surface area contributed by atoms with Crippen molar-refractivity contribution in [2.45, 2.75) is 38.1 Å². The van der Waals surface area contributed by atoms with E-state index < -0.39 is 0 Å². The lowest BCUT2D eigenvalue weighted by molar-refractivity contribution is 0.224. The van der Waals surface area contributed by atoms with Crippen LogP contribution in [0.15, 0.2) is 30.3 Å². The zero-order chi connectivity index (χ0) is 20.1. The Labute approximate surface area is 183 Å². The number of anilines is 1. The predicted molar refractivity (Wildman–Crippen MR) is 121 cm³/mol. The fourth-order valence-corrected chi connectivity index (χ4v) is 4.52. The molecular formula is C22H29Cl2N5. The molecule has 2 aliphatic heterocycles. The Morgan fingerprint density at radius 2 is 1.69 bits per heavy atom. The van der Waals surface area contributed by atoms with Gasteiger partial charge in [0.05, 0.1) is 15.7 Å². The number of aromatic nitrogens is 2. The lowest BCUT2D eigenvalue weighted by Gasteiger charge is -2.34. The molecule has 2 fully saturated rings. The first-order valence-corrected chi connectivity index (χ1v) is 11.4. The zero-order valence-corrected chi connectivity index (χ0v) is 18.3. The van der Waals surface area contributed by atoms with Crippen molar-refractivity contribution in [1.29, 1.82) is 0 Å². The summed E-state index contributed by atoms with van der Waals surface area (Å²) in [6, 6.07) is 10.2. The topological polar surface area (TPSA) is 44.3 Å². The van der Waals surface area contributed by atoms with Crippen LogP contribution >= 0.6 is 23.2 Å². The Hall–Kier alpha value is -1.40. The van der Waals surface area contributed by atoms with Crippen LogP contribution < -0.4 is 10.2 Å². The van der Waals surface area contributed by atoms with E-state index >= 15 is 0 Å². The van der Waals surface area contributed by atoms with Crippen LogP contribution in [0, 0.1) is 0 Å². The standard InChI is InChI=1S/C22H29Cl2N5/c23-19-5-4-17(16-20(19)24)21-6-7-22(27-26-21)29-13-8-18(9-14-29)25-10-15-28-11-2-1-3-12-28/h4-7,16,18,25H,1-3,8-15H2. The van der Waals surface area contributed by atoms with Crippen LogP contribution in [0.1, 0.15) is 32.1 Å². The molecule has 5 nitrogen and oxygen atoms in total. The molecule has 2 saturated heterocycles. The second kappa shape index (κ2) is 10.1. The highest BCUT2D eigenvalue weighted by molar-refractivity contribution is 6.42. The minimum absolute atomic E-state index is 0.532. The quantitative estimate of drug-likeness (QED) is 0.726. The molecule has 0 aliphatic carbocycles. The van der Waals surface area contributed by atoms with Gasteiger partial charge in [0.25, 0.3) is 0 Å². The van der Waals surface area contributed by atoms with Gasteiger partial charge in [0.2, 0.25) is 0 Å². The van der Waals surface area contributed by atoms with E-state index in [4.69, 9.17) is 23.2 Å². The largest absolute Gasteiger partial charge is 0.355 e. The zero-order valence-electron chi connectivity index (χ0n) is 16.8. The van der Waals surface area contributed by atoms with Crippen LogP contribution in [-0.2, 0) is 0 Å². The fourth-order valence-electron chi connectivity index (χ4n) is 4.23. The van der Waals surface area contributed by atoms with Crippen LogP contribution in [0.3, 0.4) is 0 Å². The number of piperidine rings is 2. The van der Waals surface area contributed by atoms with Gasteiger partial charge in [0.1, 0.15) is 0 Å². The summed E-state index contributed by atoms with van der Waals surface area (Å²) in [5.41, 5.74) is 1.73. The number of benzene rings is 1. The molecule has 1 aromatic carbocycles. The Balaban J connectivity index is 1.24. The molecule has 2 aliphatic rings. The van der Waals surface area contributed by atoms with E-state index in [1.807, 2.05) is 18.2 Å². The number of rotatable bonds is 6. The maximum atomic E-state index is 6.11. The van der Waals surface area contributed by atoms with Gasteiger partial charge >= 0.3 is 0 Å². The third kappa shape index (κ3) is 5.60. The predicted octanol–water partition coefficient (Wildman–Crippen LogP) is 4.49. The van der Waals surface area contributed by atoms with E-state index in [0.29, 0.717) is 16.1 Å². The summed E-state index contributed by atoms with van der Waals surface area (Å²) in [4.78, 5) is 4.92. The van der Waals surface area contributed by atoms with Crippen molar-refractivity contribution in [2.75, 3.05) is 44.2 Å². The van der Waals surface area contributed by atoms with E-state index in [1.165, 1.54) is 38.9 Å². The summed E-state index contributed by atoms with van der Waals surface area (Å²) < 4.78 is 0. The van der Waals surface area contributed by atoms with Crippen molar-refractivity contribution in [1.82, 2.24) is 20.4 Å². The van der Waals surface area contributed by atoms with Crippen molar-refractivity contribution in [2.24, 2.45) is 0 Å². The van der Waals surface area contributed by atoms with Gasteiger partial charge in [-0.05, 0) is 63.0 Å². The first-order valence-electron chi connectivity index (χ1n) is 10.7. The molecule has 0 saturated carbocycles. The molecule has 1 N–H and O–H groups in total. The molecular weight excluding hydrogens is 405 g/mol. The molecule has 29 heavy (non-hydrogen) atoms. The Kier molecular flexibility index (Phi) is 7.24. The molecule has 0 atom stereocenters. The highest BCUT2D eigenvalue weighted by atomic mass is 35.5. The van der Waals surface area contributed by atoms with Crippen molar-refractivity contribution in [3.8, 4) is 11.3 Å². The van der Waals surface area contributed by atoms with Gasteiger partial charge in [-0.15, -0.1) is 10.2 Å². The van der Waals surface area contributed by atoms with E-state index in [0.717, 1.165) is 49.6 Å². The van der Waals surface area contributed by atoms with E-state index in [2.05, 4.69) is 31.4 Å². The molecule has 156 valence electrons. The summed E-state index contributed by atoms with van der Waals surface area (Å²) >= 11 is 12.1. The lowest BCUT2D eigenvalue weighted by atomic mass is 10.0. The molecule has 0 bridgehead atoms. The van der Waals surface area contributed by atoms with Gasteiger partial charge in [-0.1, -0.05) is 35.7 Å². The molecule has 0 amide bonds. The molecule has 3 heterocycles. The number of halogens is 2.